The van der Waals surface area contributed by atoms with Gasteiger partial charge in [-0.2, -0.15) is 0 Å². The van der Waals surface area contributed by atoms with E-state index in [4.69, 9.17) is 12.2 Å². The summed E-state index contributed by atoms with van der Waals surface area (Å²) in [5, 5.41) is 0.130. The summed E-state index contributed by atoms with van der Waals surface area (Å²) in [5.74, 6) is 3.56. The zero-order valence-electron chi connectivity index (χ0n) is 6.29. The van der Waals surface area contributed by atoms with Crippen molar-refractivity contribution in [1.29, 1.82) is 0 Å². The van der Waals surface area contributed by atoms with Gasteiger partial charge in [0, 0.05) is 11.3 Å². The van der Waals surface area contributed by atoms with Gasteiger partial charge in [-0.05, 0) is 6.42 Å². The van der Waals surface area contributed by atoms with Crippen molar-refractivity contribution in [3.05, 3.63) is 23.8 Å². The van der Waals surface area contributed by atoms with Crippen molar-refractivity contribution in [3.8, 4) is 12.3 Å². The smallest absolute Gasteiger partial charge is 0.0697 e. The van der Waals surface area contributed by atoms with Crippen molar-refractivity contribution in [3.63, 3.8) is 0 Å². The summed E-state index contributed by atoms with van der Waals surface area (Å²) in [7, 11) is 0. The highest BCUT2D eigenvalue weighted by atomic mass is 32.2. The quantitative estimate of drug-likeness (QED) is 0.435. The van der Waals surface area contributed by atoms with Gasteiger partial charge in [-0.3, -0.25) is 0 Å². The molecule has 0 aromatic carbocycles. The molecule has 2 N–H and O–H groups in total. The van der Waals surface area contributed by atoms with Gasteiger partial charge < -0.3 is 5.73 Å². The Kier molecular flexibility index (Phi) is 3.28. The molecule has 2 heteroatoms. The maximum Gasteiger partial charge on any atom is 0.0697 e. The van der Waals surface area contributed by atoms with Gasteiger partial charge in [0.15, 0.2) is 0 Å². The lowest BCUT2D eigenvalue weighted by molar-refractivity contribution is 1.13. The lowest BCUT2D eigenvalue weighted by Crippen LogP contribution is -2.12. The van der Waals surface area contributed by atoms with E-state index in [9.17, 15) is 0 Å². The Morgan fingerprint density at radius 2 is 2.55 bits per heavy atom. The molecule has 0 fully saturated rings. The van der Waals surface area contributed by atoms with Crippen LogP contribution in [0.5, 0.6) is 0 Å². The molecule has 0 aromatic rings. The van der Waals surface area contributed by atoms with E-state index in [1.54, 1.807) is 11.8 Å². The predicted molar refractivity (Wildman–Crippen MR) is 51.1 cm³/mol. The monoisotopic (exact) mass is 165 g/mol. The van der Waals surface area contributed by atoms with Crippen LogP contribution in [0.3, 0.4) is 0 Å². The standard InChI is InChI=1S/C9H11NS/c1-2-8-4-3-5-9(10)11-7-6-8/h1,3,5-6,9H,4,7,10H2/b5-3-,8-6-. The van der Waals surface area contributed by atoms with Crippen LogP contribution in [0, 0.1) is 12.3 Å². The average Bonchev–Trinajstić information content (AvgIpc) is 1.96. The molecule has 1 unspecified atom stereocenters. The normalized spacial score (nSPS) is 32.4. The molecule has 0 radical (unpaired) electrons. The molecule has 0 saturated heterocycles. The van der Waals surface area contributed by atoms with Crippen LogP contribution in [-0.2, 0) is 0 Å². The summed E-state index contributed by atoms with van der Waals surface area (Å²) in [6, 6.07) is 0. The Labute approximate surface area is 71.7 Å². The fourth-order valence-corrected chi connectivity index (χ4v) is 1.59. The highest BCUT2D eigenvalue weighted by Gasteiger charge is 1.99. The van der Waals surface area contributed by atoms with Crippen LogP contribution in [0.15, 0.2) is 23.8 Å². The van der Waals surface area contributed by atoms with Gasteiger partial charge in [0.2, 0.25) is 0 Å². The van der Waals surface area contributed by atoms with Crippen molar-refractivity contribution in [2.75, 3.05) is 5.75 Å². The minimum atomic E-state index is 0.130. The molecular formula is C9H11NS. The number of allylic oxidation sites excluding steroid dienone is 2. The molecule has 0 aromatic heterocycles. The fraction of sp³-hybridized carbons (Fsp3) is 0.333. The Morgan fingerprint density at radius 1 is 1.73 bits per heavy atom. The van der Waals surface area contributed by atoms with E-state index in [0.29, 0.717) is 0 Å². The summed E-state index contributed by atoms with van der Waals surface area (Å²) in [4.78, 5) is 0. The van der Waals surface area contributed by atoms with E-state index >= 15 is 0 Å². The predicted octanol–water partition coefficient (Wildman–Crippen LogP) is 1.52. The van der Waals surface area contributed by atoms with Crippen molar-refractivity contribution in [2.24, 2.45) is 5.73 Å². The number of nitrogens with two attached hydrogens (primary N) is 1. The topological polar surface area (TPSA) is 26.0 Å². The van der Waals surface area contributed by atoms with Gasteiger partial charge in [0.05, 0.1) is 5.37 Å². The molecule has 1 atom stereocenters. The van der Waals surface area contributed by atoms with Crippen molar-refractivity contribution < 1.29 is 0 Å². The second kappa shape index (κ2) is 4.27. The number of rotatable bonds is 0. The molecule has 1 aliphatic heterocycles. The molecule has 0 aliphatic carbocycles. The molecule has 0 bridgehead atoms. The maximum atomic E-state index is 5.69. The van der Waals surface area contributed by atoms with E-state index in [-0.39, 0.29) is 5.37 Å². The highest BCUT2D eigenvalue weighted by Crippen LogP contribution is 2.13. The number of hydrogen-bond donors (Lipinski definition) is 1. The fourth-order valence-electron chi connectivity index (χ4n) is 0.846. The molecule has 11 heavy (non-hydrogen) atoms. The summed E-state index contributed by atoms with van der Waals surface area (Å²) >= 11 is 1.69. The van der Waals surface area contributed by atoms with Crippen molar-refractivity contribution in [1.82, 2.24) is 0 Å². The van der Waals surface area contributed by atoms with Gasteiger partial charge in [0.25, 0.3) is 0 Å². The van der Waals surface area contributed by atoms with Crippen LogP contribution >= 0.6 is 11.8 Å². The van der Waals surface area contributed by atoms with E-state index in [1.807, 2.05) is 12.2 Å². The Hall–Kier alpha value is -0.650. The average molecular weight is 165 g/mol. The second-order valence-corrected chi connectivity index (χ2v) is 3.51. The van der Waals surface area contributed by atoms with E-state index in [0.717, 1.165) is 17.7 Å². The third-order valence-electron chi connectivity index (χ3n) is 1.47. The lowest BCUT2D eigenvalue weighted by Gasteiger charge is -2.07. The van der Waals surface area contributed by atoms with Crippen LogP contribution in [0.2, 0.25) is 0 Å². The Bertz CT molecular complexity index is 222. The highest BCUT2D eigenvalue weighted by molar-refractivity contribution is 8.00. The molecule has 1 nitrogen and oxygen atoms in total. The van der Waals surface area contributed by atoms with Gasteiger partial charge >= 0.3 is 0 Å². The van der Waals surface area contributed by atoms with Crippen LogP contribution in [0.4, 0.5) is 0 Å². The van der Waals surface area contributed by atoms with E-state index < -0.39 is 0 Å². The zero-order valence-corrected chi connectivity index (χ0v) is 7.10. The van der Waals surface area contributed by atoms with Crippen molar-refractivity contribution in [2.45, 2.75) is 11.8 Å². The van der Waals surface area contributed by atoms with Crippen LogP contribution in [0.1, 0.15) is 6.42 Å². The SMILES string of the molecule is C#C/C1=C/CSC(N)/C=C\C1. The minimum Gasteiger partial charge on any atom is -0.316 e. The number of thioether (sulfide) groups is 1. The molecule has 0 amide bonds. The molecule has 0 saturated carbocycles. The molecular weight excluding hydrogens is 154 g/mol. The molecule has 1 aliphatic rings. The maximum absolute atomic E-state index is 5.69. The van der Waals surface area contributed by atoms with Crippen LogP contribution in [0.25, 0.3) is 0 Å². The summed E-state index contributed by atoms with van der Waals surface area (Å²) < 4.78 is 0. The first kappa shape index (κ1) is 8.45. The Balaban J connectivity index is 2.59. The zero-order chi connectivity index (χ0) is 8.10. The van der Waals surface area contributed by atoms with E-state index in [1.165, 1.54) is 0 Å². The first-order valence-corrected chi connectivity index (χ1v) is 4.57. The Morgan fingerprint density at radius 3 is 3.27 bits per heavy atom. The summed E-state index contributed by atoms with van der Waals surface area (Å²) in [5.41, 5.74) is 6.74. The molecule has 0 spiro atoms. The number of terminal acetylenes is 1. The largest absolute Gasteiger partial charge is 0.316 e. The summed E-state index contributed by atoms with van der Waals surface area (Å²) in [6.07, 6.45) is 12.2. The first-order valence-electron chi connectivity index (χ1n) is 3.52. The molecule has 1 rings (SSSR count). The van der Waals surface area contributed by atoms with Crippen LogP contribution < -0.4 is 5.73 Å². The first-order chi connectivity index (χ1) is 5.33. The summed E-state index contributed by atoms with van der Waals surface area (Å²) in [6.45, 7) is 0. The van der Waals surface area contributed by atoms with Crippen molar-refractivity contribution >= 4 is 11.8 Å². The lowest BCUT2D eigenvalue weighted by atomic mass is 10.2. The van der Waals surface area contributed by atoms with Gasteiger partial charge in [0.1, 0.15) is 0 Å². The third kappa shape index (κ3) is 2.83. The minimum absolute atomic E-state index is 0.130. The van der Waals surface area contributed by atoms with Gasteiger partial charge in [-0.15, -0.1) is 18.2 Å². The van der Waals surface area contributed by atoms with Gasteiger partial charge in [-0.1, -0.05) is 24.1 Å². The van der Waals surface area contributed by atoms with Gasteiger partial charge in [-0.25, -0.2) is 0 Å². The van der Waals surface area contributed by atoms with Crippen LogP contribution in [-0.4, -0.2) is 11.1 Å². The third-order valence-corrected chi connectivity index (χ3v) is 2.37. The second-order valence-electron chi connectivity index (χ2n) is 2.30. The van der Waals surface area contributed by atoms with E-state index in [2.05, 4.69) is 12.0 Å². The number of hydrogen-bond acceptors (Lipinski definition) is 2. The molecule has 1 heterocycles. The molecule has 58 valence electrons.